The van der Waals surface area contributed by atoms with Gasteiger partial charge in [0.05, 0.1) is 16.9 Å². The molecule has 0 spiro atoms. The summed E-state index contributed by atoms with van der Waals surface area (Å²) in [4.78, 5) is 21.1. The number of hydrogen-bond donors (Lipinski definition) is 0. The minimum absolute atomic E-state index is 0.0643. The van der Waals surface area contributed by atoms with E-state index in [4.69, 9.17) is 4.74 Å². The van der Waals surface area contributed by atoms with Gasteiger partial charge in [-0.25, -0.2) is 4.99 Å². The molecule has 5 nitrogen and oxygen atoms in total. The first-order valence-corrected chi connectivity index (χ1v) is 10.3. The molecule has 0 fully saturated rings. The lowest BCUT2D eigenvalue weighted by Gasteiger charge is -2.17. The molecular weight excluding hydrogens is 431 g/mol. The quantitative estimate of drug-likeness (QED) is 0.499. The topological polar surface area (TPSA) is 45.1 Å². The summed E-state index contributed by atoms with van der Waals surface area (Å²) in [5.74, 6) is 0.272. The number of ether oxygens (including phenoxy) is 1. The zero-order valence-electron chi connectivity index (χ0n) is 18.1. The molecule has 0 N–H and O–H groups in total. The van der Waals surface area contributed by atoms with Crippen molar-refractivity contribution in [1.29, 1.82) is 0 Å². The summed E-state index contributed by atoms with van der Waals surface area (Å²) in [5.41, 5.74) is 1.14. The van der Waals surface area contributed by atoms with Crippen LogP contribution in [0, 0.1) is 0 Å². The number of nitrogens with zero attached hydrogens (tertiary/aromatic N) is 3. The van der Waals surface area contributed by atoms with Crippen molar-refractivity contribution >= 4 is 28.7 Å². The Morgan fingerprint density at radius 3 is 2.39 bits per heavy atom. The van der Waals surface area contributed by atoms with Crippen LogP contribution in [0.4, 0.5) is 30.2 Å². The molecule has 3 aromatic rings. The van der Waals surface area contributed by atoms with Gasteiger partial charge >= 0.3 is 6.18 Å². The SMILES string of the molecule is CN(C)CCOc1ccc(N2C(=O)C(=Nc3cccc(C(F)(F)F)c3)c3ccccc32)cc1. The van der Waals surface area contributed by atoms with Gasteiger partial charge < -0.3 is 9.64 Å². The molecule has 170 valence electrons. The van der Waals surface area contributed by atoms with Crippen molar-refractivity contribution < 1.29 is 22.7 Å². The van der Waals surface area contributed by atoms with Crippen molar-refractivity contribution in [3.8, 4) is 5.75 Å². The highest BCUT2D eigenvalue weighted by atomic mass is 19.4. The Morgan fingerprint density at radius 1 is 0.970 bits per heavy atom. The molecule has 0 saturated carbocycles. The van der Waals surface area contributed by atoms with Gasteiger partial charge in [0.25, 0.3) is 5.91 Å². The summed E-state index contributed by atoms with van der Waals surface area (Å²) in [6, 6.07) is 18.8. The number of carbonyl (C=O) groups is 1. The van der Waals surface area contributed by atoms with Crippen LogP contribution in [0.5, 0.6) is 5.75 Å². The fourth-order valence-corrected chi connectivity index (χ4v) is 3.48. The molecule has 3 aromatic carbocycles. The third kappa shape index (κ3) is 4.90. The first-order valence-electron chi connectivity index (χ1n) is 10.3. The number of rotatable bonds is 6. The molecule has 8 heteroatoms. The van der Waals surface area contributed by atoms with E-state index in [0.717, 1.165) is 18.7 Å². The maximum atomic E-state index is 13.3. The number of halogens is 3. The first-order chi connectivity index (χ1) is 15.7. The molecule has 1 amide bonds. The second-order valence-corrected chi connectivity index (χ2v) is 7.81. The lowest BCUT2D eigenvalue weighted by molar-refractivity contribution is -0.137. The maximum Gasteiger partial charge on any atom is 0.416 e. The number of carbonyl (C=O) groups excluding carboxylic acids is 1. The second-order valence-electron chi connectivity index (χ2n) is 7.81. The van der Waals surface area contributed by atoms with E-state index in [9.17, 15) is 18.0 Å². The number of benzene rings is 3. The van der Waals surface area contributed by atoms with Crippen LogP contribution >= 0.6 is 0 Å². The Kier molecular flexibility index (Phi) is 6.20. The minimum Gasteiger partial charge on any atom is -0.492 e. The van der Waals surface area contributed by atoms with Crippen LogP contribution in [0.3, 0.4) is 0 Å². The predicted molar refractivity (Wildman–Crippen MR) is 122 cm³/mol. The zero-order valence-corrected chi connectivity index (χ0v) is 18.1. The van der Waals surface area contributed by atoms with Crippen molar-refractivity contribution in [3.05, 3.63) is 83.9 Å². The summed E-state index contributed by atoms with van der Waals surface area (Å²) in [5, 5.41) is 0. The summed E-state index contributed by atoms with van der Waals surface area (Å²) in [6.07, 6.45) is -4.49. The summed E-state index contributed by atoms with van der Waals surface area (Å²) < 4.78 is 45.0. The molecule has 0 atom stereocenters. The number of anilines is 2. The molecular formula is C25H22F3N3O2. The highest BCUT2D eigenvalue weighted by Crippen LogP contribution is 2.38. The Morgan fingerprint density at radius 2 is 1.70 bits per heavy atom. The van der Waals surface area contributed by atoms with Crippen LogP contribution in [0.2, 0.25) is 0 Å². The number of likely N-dealkylation sites (N-methyl/N-ethyl adjacent to an activating group) is 1. The monoisotopic (exact) mass is 453 g/mol. The van der Waals surface area contributed by atoms with Gasteiger partial charge in [-0.15, -0.1) is 0 Å². The number of para-hydroxylation sites is 1. The van der Waals surface area contributed by atoms with E-state index < -0.39 is 17.6 Å². The molecule has 1 heterocycles. The highest BCUT2D eigenvalue weighted by Gasteiger charge is 2.35. The maximum absolute atomic E-state index is 13.3. The van der Waals surface area contributed by atoms with Gasteiger partial charge in [0, 0.05) is 17.8 Å². The van der Waals surface area contributed by atoms with E-state index in [0.29, 0.717) is 29.3 Å². The molecule has 1 aliphatic heterocycles. The van der Waals surface area contributed by atoms with Crippen molar-refractivity contribution in [1.82, 2.24) is 4.90 Å². The van der Waals surface area contributed by atoms with Crippen molar-refractivity contribution in [3.63, 3.8) is 0 Å². The molecule has 0 bridgehead atoms. The predicted octanol–water partition coefficient (Wildman–Crippen LogP) is 5.44. The van der Waals surface area contributed by atoms with Crippen LogP contribution < -0.4 is 9.64 Å². The Labute approximate surface area is 189 Å². The second kappa shape index (κ2) is 9.07. The van der Waals surface area contributed by atoms with Gasteiger partial charge in [-0.1, -0.05) is 24.3 Å². The zero-order chi connectivity index (χ0) is 23.6. The van der Waals surface area contributed by atoms with Crippen molar-refractivity contribution in [2.45, 2.75) is 6.18 Å². The number of hydrogen-bond acceptors (Lipinski definition) is 4. The molecule has 0 unspecified atom stereocenters. The van der Waals surface area contributed by atoms with Gasteiger partial charge in [-0.2, -0.15) is 13.2 Å². The number of fused-ring (bicyclic) bond motifs is 1. The smallest absolute Gasteiger partial charge is 0.416 e. The van der Waals surface area contributed by atoms with Gasteiger partial charge in [0.2, 0.25) is 0 Å². The lowest BCUT2D eigenvalue weighted by atomic mass is 10.1. The largest absolute Gasteiger partial charge is 0.492 e. The van der Waals surface area contributed by atoms with Gasteiger partial charge in [-0.3, -0.25) is 9.69 Å². The number of alkyl halides is 3. The fourth-order valence-electron chi connectivity index (χ4n) is 3.48. The van der Waals surface area contributed by atoms with E-state index in [1.807, 2.05) is 19.0 Å². The van der Waals surface area contributed by atoms with Gasteiger partial charge in [-0.05, 0) is 62.6 Å². The highest BCUT2D eigenvalue weighted by molar-refractivity contribution is 6.56. The average molecular weight is 453 g/mol. The average Bonchev–Trinajstić information content (AvgIpc) is 3.05. The van der Waals surface area contributed by atoms with Crippen molar-refractivity contribution in [2.24, 2.45) is 4.99 Å². The summed E-state index contributed by atoms with van der Waals surface area (Å²) in [7, 11) is 3.92. The first kappa shape index (κ1) is 22.5. The third-order valence-corrected chi connectivity index (χ3v) is 5.12. The Balaban J connectivity index is 1.65. The van der Waals surface area contributed by atoms with Crippen LogP contribution in [0.25, 0.3) is 0 Å². The van der Waals surface area contributed by atoms with Gasteiger partial charge in [0.1, 0.15) is 18.1 Å². The van der Waals surface area contributed by atoms with E-state index >= 15 is 0 Å². The normalized spacial score (nSPS) is 14.8. The molecule has 4 rings (SSSR count). The van der Waals surface area contributed by atoms with Crippen LogP contribution in [0.1, 0.15) is 11.1 Å². The van der Waals surface area contributed by atoms with Crippen LogP contribution in [-0.2, 0) is 11.0 Å². The summed E-state index contributed by atoms with van der Waals surface area (Å²) in [6.45, 7) is 1.31. The number of amides is 1. The minimum atomic E-state index is -4.49. The van der Waals surface area contributed by atoms with E-state index in [-0.39, 0.29) is 11.4 Å². The van der Waals surface area contributed by atoms with Crippen LogP contribution in [0.15, 0.2) is 77.8 Å². The fraction of sp³-hybridized carbons (Fsp3) is 0.200. The molecule has 0 radical (unpaired) electrons. The molecule has 0 saturated heterocycles. The van der Waals surface area contributed by atoms with E-state index in [1.54, 1.807) is 48.5 Å². The standard InChI is InChI=1S/C25H22F3N3O2/c1-30(2)14-15-33-20-12-10-19(11-13-20)31-22-9-4-3-8-21(22)23(24(31)32)29-18-7-5-6-17(16-18)25(26,27)28/h3-13,16H,14-15H2,1-2H3. The Hall–Kier alpha value is -3.65. The molecule has 1 aliphatic rings. The molecule has 0 aromatic heterocycles. The van der Waals surface area contributed by atoms with Gasteiger partial charge in [0.15, 0.2) is 0 Å². The Bertz CT molecular complexity index is 1190. The third-order valence-electron chi connectivity index (χ3n) is 5.12. The van der Waals surface area contributed by atoms with Crippen molar-refractivity contribution in [2.75, 3.05) is 32.1 Å². The van der Waals surface area contributed by atoms with E-state index in [1.165, 1.54) is 17.0 Å². The summed E-state index contributed by atoms with van der Waals surface area (Å²) >= 11 is 0. The van der Waals surface area contributed by atoms with E-state index in [2.05, 4.69) is 4.99 Å². The lowest BCUT2D eigenvalue weighted by Crippen LogP contribution is -2.25. The molecule has 33 heavy (non-hydrogen) atoms. The van der Waals surface area contributed by atoms with Crippen LogP contribution in [-0.4, -0.2) is 43.8 Å². The molecule has 0 aliphatic carbocycles. The number of aliphatic imine (C=N–C) groups is 1.